The third kappa shape index (κ3) is 3.31. The van der Waals surface area contributed by atoms with Crippen LogP contribution in [0.4, 0.5) is 0 Å². The summed E-state index contributed by atoms with van der Waals surface area (Å²) >= 11 is 0. The fourth-order valence-corrected chi connectivity index (χ4v) is 3.71. The Morgan fingerprint density at radius 2 is 1.89 bits per heavy atom. The van der Waals surface area contributed by atoms with E-state index in [1.54, 1.807) is 6.33 Å². The van der Waals surface area contributed by atoms with Crippen molar-refractivity contribution in [3.8, 4) is 0 Å². The van der Waals surface area contributed by atoms with Gasteiger partial charge in [-0.1, -0.05) is 27.7 Å². The van der Waals surface area contributed by atoms with Crippen LogP contribution >= 0.6 is 0 Å². The van der Waals surface area contributed by atoms with Gasteiger partial charge in [-0.3, -0.25) is 4.68 Å². The smallest absolute Gasteiger partial charge is 0.140 e. The highest BCUT2D eigenvalue weighted by Crippen LogP contribution is 2.45. The van der Waals surface area contributed by atoms with E-state index in [1.807, 2.05) is 11.7 Å². The molecule has 1 aromatic heterocycles. The monoisotopic (exact) mass is 250 g/mol. The van der Waals surface area contributed by atoms with E-state index in [1.165, 1.54) is 19.3 Å². The molecule has 18 heavy (non-hydrogen) atoms. The predicted octanol–water partition coefficient (Wildman–Crippen LogP) is 2.51. The molecule has 1 aliphatic carbocycles. The Labute approximate surface area is 110 Å². The molecule has 102 valence electrons. The number of hydrogen-bond donors (Lipinski definition) is 1. The van der Waals surface area contributed by atoms with Crippen molar-refractivity contribution in [2.75, 3.05) is 0 Å². The summed E-state index contributed by atoms with van der Waals surface area (Å²) in [6, 6.07) is 0.584. The number of hydrogen-bond acceptors (Lipinski definition) is 3. The van der Waals surface area contributed by atoms with Gasteiger partial charge in [0.25, 0.3) is 0 Å². The van der Waals surface area contributed by atoms with E-state index in [0.29, 0.717) is 16.9 Å². The lowest BCUT2D eigenvalue weighted by atomic mass is 9.63. The highest BCUT2D eigenvalue weighted by Gasteiger charge is 2.38. The Balaban J connectivity index is 1.95. The standard InChI is InChI=1S/C14H26N4/c1-13(2)6-11(7-14(3,4)9-13)15-8-12-16-10-17-18(12)5/h10-11,15H,6-9H2,1-5H3. The van der Waals surface area contributed by atoms with Crippen LogP contribution in [-0.2, 0) is 13.6 Å². The van der Waals surface area contributed by atoms with Crippen LogP contribution in [0.3, 0.4) is 0 Å². The van der Waals surface area contributed by atoms with Crippen molar-refractivity contribution in [1.82, 2.24) is 20.1 Å². The second-order valence-electron chi connectivity index (χ2n) is 7.29. The number of aromatic nitrogens is 3. The third-order valence-corrected chi connectivity index (χ3v) is 3.91. The van der Waals surface area contributed by atoms with E-state index in [0.717, 1.165) is 12.4 Å². The minimum atomic E-state index is 0.430. The van der Waals surface area contributed by atoms with Gasteiger partial charge >= 0.3 is 0 Å². The zero-order chi connectivity index (χ0) is 13.4. The third-order valence-electron chi connectivity index (χ3n) is 3.91. The molecule has 4 nitrogen and oxygen atoms in total. The van der Waals surface area contributed by atoms with Gasteiger partial charge in [0.15, 0.2) is 0 Å². The molecule has 0 atom stereocenters. The maximum Gasteiger partial charge on any atom is 0.140 e. The molecule has 1 saturated carbocycles. The van der Waals surface area contributed by atoms with Gasteiger partial charge in [-0.2, -0.15) is 5.10 Å². The van der Waals surface area contributed by atoms with E-state index >= 15 is 0 Å². The van der Waals surface area contributed by atoms with Crippen LogP contribution in [0.25, 0.3) is 0 Å². The number of rotatable bonds is 3. The number of aryl methyl sites for hydroxylation is 1. The van der Waals surface area contributed by atoms with Gasteiger partial charge in [0.05, 0.1) is 6.54 Å². The summed E-state index contributed by atoms with van der Waals surface area (Å²) in [5.41, 5.74) is 0.860. The largest absolute Gasteiger partial charge is 0.307 e. The summed E-state index contributed by atoms with van der Waals surface area (Å²) < 4.78 is 1.84. The maximum absolute atomic E-state index is 4.26. The van der Waals surface area contributed by atoms with Crippen molar-refractivity contribution in [2.24, 2.45) is 17.9 Å². The van der Waals surface area contributed by atoms with Crippen molar-refractivity contribution in [1.29, 1.82) is 0 Å². The molecule has 0 aliphatic heterocycles. The molecule has 1 aromatic rings. The van der Waals surface area contributed by atoms with E-state index in [4.69, 9.17) is 0 Å². The molecule has 1 fully saturated rings. The lowest BCUT2D eigenvalue weighted by molar-refractivity contribution is 0.0841. The van der Waals surface area contributed by atoms with Gasteiger partial charge in [-0.25, -0.2) is 4.98 Å². The van der Waals surface area contributed by atoms with Gasteiger partial charge in [-0.15, -0.1) is 0 Å². The van der Waals surface area contributed by atoms with Crippen LogP contribution in [0.15, 0.2) is 6.33 Å². The Kier molecular flexibility index (Phi) is 3.49. The normalized spacial score (nSPS) is 23.2. The first kappa shape index (κ1) is 13.5. The number of nitrogens with zero attached hydrogens (tertiary/aromatic N) is 3. The highest BCUT2D eigenvalue weighted by molar-refractivity contribution is 4.93. The predicted molar refractivity (Wildman–Crippen MR) is 73.0 cm³/mol. The zero-order valence-electron chi connectivity index (χ0n) is 12.3. The van der Waals surface area contributed by atoms with Crippen molar-refractivity contribution >= 4 is 0 Å². The first-order valence-corrected chi connectivity index (χ1v) is 6.84. The van der Waals surface area contributed by atoms with E-state index in [2.05, 4.69) is 43.1 Å². The Bertz CT molecular complexity index is 390. The summed E-state index contributed by atoms with van der Waals surface area (Å²) in [6.45, 7) is 10.3. The number of nitrogens with one attached hydrogen (secondary N) is 1. The summed E-state index contributed by atoms with van der Waals surface area (Å²) in [7, 11) is 1.94. The first-order valence-electron chi connectivity index (χ1n) is 6.84. The molecular weight excluding hydrogens is 224 g/mol. The molecule has 0 radical (unpaired) electrons. The van der Waals surface area contributed by atoms with Crippen molar-refractivity contribution in [3.63, 3.8) is 0 Å². The van der Waals surface area contributed by atoms with Crippen LogP contribution in [0, 0.1) is 10.8 Å². The molecule has 1 N–H and O–H groups in total. The van der Waals surface area contributed by atoms with Gasteiger partial charge in [0.1, 0.15) is 12.2 Å². The lowest BCUT2D eigenvalue weighted by Crippen LogP contribution is -2.43. The van der Waals surface area contributed by atoms with Gasteiger partial charge in [-0.05, 0) is 30.1 Å². The highest BCUT2D eigenvalue weighted by atomic mass is 15.3. The fourth-order valence-electron chi connectivity index (χ4n) is 3.71. The minimum absolute atomic E-state index is 0.430. The molecule has 1 aliphatic rings. The van der Waals surface area contributed by atoms with Gasteiger partial charge in [0.2, 0.25) is 0 Å². The molecular formula is C14H26N4. The van der Waals surface area contributed by atoms with Crippen LogP contribution < -0.4 is 5.32 Å². The average molecular weight is 250 g/mol. The second-order valence-corrected chi connectivity index (χ2v) is 7.29. The first-order chi connectivity index (χ1) is 8.27. The Hall–Kier alpha value is -0.900. The molecule has 0 aromatic carbocycles. The van der Waals surface area contributed by atoms with E-state index in [9.17, 15) is 0 Å². The van der Waals surface area contributed by atoms with Crippen molar-refractivity contribution in [2.45, 2.75) is 59.5 Å². The summed E-state index contributed by atoms with van der Waals surface area (Å²) in [6.07, 6.45) is 5.41. The molecule has 0 unspecified atom stereocenters. The van der Waals surface area contributed by atoms with Crippen LogP contribution in [-0.4, -0.2) is 20.8 Å². The molecule has 2 rings (SSSR count). The summed E-state index contributed by atoms with van der Waals surface area (Å²) in [5.74, 6) is 1.01. The van der Waals surface area contributed by atoms with E-state index < -0.39 is 0 Å². The Morgan fingerprint density at radius 3 is 2.39 bits per heavy atom. The summed E-state index contributed by atoms with van der Waals surface area (Å²) in [5, 5.41) is 7.76. The molecule has 0 spiro atoms. The van der Waals surface area contributed by atoms with Crippen molar-refractivity contribution < 1.29 is 0 Å². The quantitative estimate of drug-likeness (QED) is 0.896. The van der Waals surface area contributed by atoms with Gasteiger partial charge < -0.3 is 5.32 Å². The fraction of sp³-hybridized carbons (Fsp3) is 0.857. The average Bonchev–Trinajstić information content (AvgIpc) is 2.56. The zero-order valence-corrected chi connectivity index (χ0v) is 12.3. The van der Waals surface area contributed by atoms with Gasteiger partial charge in [0, 0.05) is 13.1 Å². The summed E-state index contributed by atoms with van der Waals surface area (Å²) in [4.78, 5) is 4.26. The topological polar surface area (TPSA) is 42.7 Å². The molecule has 0 bridgehead atoms. The lowest BCUT2D eigenvalue weighted by Gasteiger charge is -2.45. The van der Waals surface area contributed by atoms with E-state index in [-0.39, 0.29) is 0 Å². The molecule has 0 saturated heterocycles. The van der Waals surface area contributed by atoms with Crippen LogP contribution in [0.1, 0.15) is 52.8 Å². The molecule has 1 heterocycles. The maximum atomic E-state index is 4.26. The Morgan fingerprint density at radius 1 is 1.28 bits per heavy atom. The van der Waals surface area contributed by atoms with Crippen LogP contribution in [0.2, 0.25) is 0 Å². The molecule has 0 amide bonds. The second kappa shape index (κ2) is 4.65. The minimum Gasteiger partial charge on any atom is -0.307 e. The molecule has 4 heteroatoms. The van der Waals surface area contributed by atoms with Crippen LogP contribution in [0.5, 0.6) is 0 Å². The SMILES string of the molecule is Cn1ncnc1CNC1CC(C)(C)CC(C)(C)C1. The van der Waals surface area contributed by atoms with Crippen molar-refractivity contribution in [3.05, 3.63) is 12.2 Å².